The number of carbonyl (C=O) groups excluding carboxylic acids is 1. The first-order valence-corrected chi connectivity index (χ1v) is 8.68. The molecule has 3 rings (SSSR count). The van der Waals surface area contributed by atoms with Crippen LogP contribution in [0.4, 0.5) is 14.9 Å². The van der Waals surface area contributed by atoms with E-state index in [4.69, 9.17) is 0 Å². The maximum absolute atomic E-state index is 13.6. The Bertz CT molecular complexity index is 554. The number of aromatic nitrogens is 1. The lowest BCUT2D eigenvalue weighted by atomic mass is 9.96. The molecule has 2 saturated heterocycles. The van der Waals surface area contributed by atoms with E-state index in [2.05, 4.69) is 27.1 Å². The predicted molar refractivity (Wildman–Crippen MR) is 91.4 cm³/mol. The summed E-state index contributed by atoms with van der Waals surface area (Å²) < 4.78 is 13.6. The molecule has 1 aromatic rings. The van der Waals surface area contributed by atoms with Gasteiger partial charge >= 0.3 is 6.03 Å². The van der Waals surface area contributed by atoms with Gasteiger partial charge in [0.15, 0.2) is 5.82 Å². The minimum Gasteiger partial charge on any atom is -0.325 e. The zero-order chi connectivity index (χ0) is 16.9. The van der Waals surface area contributed by atoms with E-state index in [1.165, 1.54) is 12.3 Å². The molecule has 6 nitrogen and oxygen atoms in total. The van der Waals surface area contributed by atoms with Gasteiger partial charge in [0, 0.05) is 52.0 Å². The molecule has 2 aliphatic rings. The molecular formula is C17H26FN5O. The van der Waals surface area contributed by atoms with Gasteiger partial charge in [0.25, 0.3) is 0 Å². The van der Waals surface area contributed by atoms with Crippen molar-refractivity contribution >= 4 is 11.7 Å². The third-order valence-corrected chi connectivity index (χ3v) is 5.03. The van der Waals surface area contributed by atoms with Gasteiger partial charge in [-0.25, -0.2) is 9.18 Å². The Labute approximate surface area is 142 Å². The number of amides is 2. The summed E-state index contributed by atoms with van der Waals surface area (Å²) in [6.07, 6.45) is 4.61. The van der Waals surface area contributed by atoms with Crippen molar-refractivity contribution in [3.8, 4) is 0 Å². The van der Waals surface area contributed by atoms with Crippen molar-refractivity contribution < 1.29 is 9.18 Å². The summed E-state index contributed by atoms with van der Waals surface area (Å²) in [6, 6.07) is 1.26. The van der Waals surface area contributed by atoms with Gasteiger partial charge in [-0.15, -0.1) is 0 Å². The maximum Gasteiger partial charge on any atom is 0.321 e. The Morgan fingerprint density at radius 3 is 2.62 bits per heavy atom. The van der Waals surface area contributed by atoms with Crippen LogP contribution in [-0.2, 0) is 0 Å². The van der Waals surface area contributed by atoms with Gasteiger partial charge in [0.1, 0.15) is 0 Å². The van der Waals surface area contributed by atoms with Gasteiger partial charge in [-0.3, -0.25) is 4.98 Å². The van der Waals surface area contributed by atoms with Crippen LogP contribution in [0.3, 0.4) is 0 Å². The number of urea groups is 1. The molecule has 0 radical (unpaired) electrons. The van der Waals surface area contributed by atoms with E-state index in [9.17, 15) is 9.18 Å². The molecule has 2 amide bonds. The largest absolute Gasteiger partial charge is 0.325 e. The summed E-state index contributed by atoms with van der Waals surface area (Å²) in [4.78, 5) is 22.6. The second-order valence-electron chi connectivity index (χ2n) is 6.82. The first-order valence-electron chi connectivity index (χ1n) is 8.68. The van der Waals surface area contributed by atoms with Gasteiger partial charge in [0.2, 0.25) is 0 Å². The number of hydrogen-bond acceptors (Lipinski definition) is 4. The number of likely N-dealkylation sites (tertiary alicyclic amines) is 1. The molecule has 132 valence electrons. The fraction of sp³-hybridized carbons (Fsp3) is 0.647. The second-order valence-corrected chi connectivity index (χ2v) is 6.82. The number of likely N-dealkylation sites (N-methyl/N-ethyl adjacent to an activating group) is 1. The molecule has 0 saturated carbocycles. The van der Waals surface area contributed by atoms with Crippen molar-refractivity contribution in [2.24, 2.45) is 5.92 Å². The first kappa shape index (κ1) is 17.1. The number of piperazine rings is 1. The summed E-state index contributed by atoms with van der Waals surface area (Å²) in [5.41, 5.74) is 0.189. The van der Waals surface area contributed by atoms with E-state index in [0.717, 1.165) is 64.9 Å². The lowest BCUT2D eigenvalue weighted by Crippen LogP contribution is -2.48. The molecule has 7 heteroatoms. The smallest absolute Gasteiger partial charge is 0.321 e. The number of piperidine rings is 1. The Balaban J connectivity index is 1.43. The number of nitrogens with zero attached hydrogens (tertiary/aromatic N) is 4. The SMILES string of the molecule is CN1CCN(CC2CCN(C(=O)Nc3ccncc3F)CC2)CC1. The average Bonchev–Trinajstić information content (AvgIpc) is 2.59. The third kappa shape index (κ3) is 4.42. The molecule has 0 unspecified atom stereocenters. The zero-order valence-electron chi connectivity index (χ0n) is 14.2. The monoisotopic (exact) mass is 335 g/mol. The molecule has 3 heterocycles. The number of hydrogen-bond donors (Lipinski definition) is 1. The van der Waals surface area contributed by atoms with Crippen LogP contribution in [0.15, 0.2) is 18.5 Å². The molecule has 0 spiro atoms. The molecule has 0 aromatic carbocycles. The average molecular weight is 335 g/mol. The van der Waals surface area contributed by atoms with Gasteiger partial charge < -0.3 is 20.0 Å². The van der Waals surface area contributed by atoms with Gasteiger partial charge in [-0.05, 0) is 31.9 Å². The van der Waals surface area contributed by atoms with E-state index >= 15 is 0 Å². The van der Waals surface area contributed by atoms with E-state index in [-0.39, 0.29) is 11.7 Å². The first-order chi connectivity index (χ1) is 11.6. The number of anilines is 1. The van der Waals surface area contributed by atoms with E-state index in [0.29, 0.717) is 5.92 Å². The molecule has 1 N–H and O–H groups in total. The highest BCUT2D eigenvalue weighted by atomic mass is 19.1. The third-order valence-electron chi connectivity index (χ3n) is 5.03. The summed E-state index contributed by atoms with van der Waals surface area (Å²) in [7, 11) is 2.17. The zero-order valence-corrected chi connectivity index (χ0v) is 14.2. The summed E-state index contributed by atoms with van der Waals surface area (Å²) in [5.74, 6) is 0.144. The van der Waals surface area contributed by atoms with E-state index in [1.54, 1.807) is 4.90 Å². The van der Waals surface area contributed by atoms with E-state index in [1.807, 2.05) is 0 Å². The Kier molecular flexibility index (Phi) is 5.63. The van der Waals surface area contributed by atoms with Crippen LogP contribution in [0.1, 0.15) is 12.8 Å². The Morgan fingerprint density at radius 2 is 1.96 bits per heavy atom. The number of pyridine rings is 1. The van der Waals surface area contributed by atoms with Crippen LogP contribution in [0.25, 0.3) is 0 Å². The van der Waals surface area contributed by atoms with Crippen LogP contribution in [-0.4, -0.2) is 78.6 Å². The lowest BCUT2D eigenvalue weighted by Gasteiger charge is -2.37. The van der Waals surface area contributed by atoms with Crippen LogP contribution < -0.4 is 5.32 Å². The molecule has 24 heavy (non-hydrogen) atoms. The topological polar surface area (TPSA) is 51.7 Å². The van der Waals surface area contributed by atoms with Gasteiger partial charge in [0.05, 0.1) is 11.9 Å². The lowest BCUT2D eigenvalue weighted by molar-refractivity contribution is 0.113. The minimum absolute atomic E-state index is 0.189. The van der Waals surface area contributed by atoms with Crippen LogP contribution in [0.2, 0.25) is 0 Å². The quantitative estimate of drug-likeness (QED) is 0.914. The van der Waals surface area contributed by atoms with Crippen molar-refractivity contribution in [3.63, 3.8) is 0 Å². The molecular weight excluding hydrogens is 309 g/mol. The van der Waals surface area contributed by atoms with E-state index < -0.39 is 5.82 Å². The predicted octanol–water partition coefficient (Wildman–Crippen LogP) is 1.71. The molecule has 2 aliphatic heterocycles. The van der Waals surface area contributed by atoms with Crippen molar-refractivity contribution in [3.05, 3.63) is 24.3 Å². The highest BCUT2D eigenvalue weighted by Gasteiger charge is 2.25. The molecule has 0 atom stereocenters. The Morgan fingerprint density at radius 1 is 1.25 bits per heavy atom. The fourth-order valence-electron chi connectivity index (χ4n) is 3.39. The van der Waals surface area contributed by atoms with Crippen molar-refractivity contribution in [1.29, 1.82) is 0 Å². The summed E-state index contributed by atoms with van der Waals surface area (Å²) >= 11 is 0. The molecule has 0 bridgehead atoms. The van der Waals surface area contributed by atoms with Crippen molar-refractivity contribution in [2.45, 2.75) is 12.8 Å². The Hall–Kier alpha value is -1.73. The number of rotatable bonds is 3. The second kappa shape index (κ2) is 7.90. The summed E-state index contributed by atoms with van der Waals surface area (Å²) in [6.45, 7) is 7.14. The van der Waals surface area contributed by atoms with Crippen LogP contribution in [0.5, 0.6) is 0 Å². The van der Waals surface area contributed by atoms with Crippen molar-refractivity contribution in [1.82, 2.24) is 19.7 Å². The fourth-order valence-corrected chi connectivity index (χ4v) is 3.39. The van der Waals surface area contributed by atoms with Crippen molar-refractivity contribution in [2.75, 3.05) is 58.2 Å². The molecule has 2 fully saturated rings. The highest BCUT2D eigenvalue weighted by Crippen LogP contribution is 2.20. The van der Waals surface area contributed by atoms with Gasteiger partial charge in [-0.1, -0.05) is 0 Å². The minimum atomic E-state index is -0.504. The standard InChI is InChI=1S/C17H26FN5O/c1-21-8-10-22(11-9-21)13-14-3-6-23(7-4-14)17(24)20-16-2-5-19-12-15(16)18/h2,5,12,14H,3-4,6-11,13H2,1H3,(H,19,20,24). The molecule has 0 aliphatic carbocycles. The highest BCUT2D eigenvalue weighted by molar-refractivity contribution is 5.89. The van der Waals surface area contributed by atoms with Crippen LogP contribution >= 0.6 is 0 Å². The van der Waals surface area contributed by atoms with Gasteiger partial charge in [-0.2, -0.15) is 0 Å². The normalized spacial score (nSPS) is 21.0. The molecule has 1 aromatic heterocycles. The summed E-state index contributed by atoms with van der Waals surface area (Å²) in [5, 5.41) is 2.64. The number of carbonyl (C=O) groups is 1. The number of nitrogens with one attached hydrogen (secondary N) is 1. The van der Waals surface area contributed by atoms with Crippen LogP contribution in [0, 0.1) is 11.7 Å². The maximum atomic E-state index is 13.6. The number of halogens is 1.